The fourth-order valence-corrected chi connectivity index (χ4v) is 2.14. The summed E-state index contributed by atoms with van der Waals surface area (Å²) in [4.78, 5) is 29.0. The Morgan fingerprint density at radius 2 is 1.50 bits per heavy atom. The number of methoxy groups -OCH3 is 1. The van der Waals surface area contributed by atoms with Gasteiger partial charge in [-0.25, -0.2) is 10.3 Å². The molecule has 0 aliphatic rings. The zero-order valence-electron chi connectivity index (χ0n) is 14.3. The number of carbonyl (C=O) groups is 2. The molecule has 26 heavy (non-hydrogen) atoms. The molecule has 2 rings (SSSR count). The van der Waals surface area contributed by atoms with Gasteiger partial charge >= 0.3 is 5.97 Å². The van der Waals surface area contributed by atoms with Gasteiger partial charge in [0.15, 0.2) is 12.2 Å². The molecule has 0 saturated carbocycles. The van der Waals surface area contributed by atoms with Crippen molar-refractivity contribution in [3.63, 3.8) is 0 Å². The average Bonchev–Trinajstić information content (AvgIpc) is 2.69. The van der Waals surface area contributed by atoms with E-state index in [1.165, 1.54) is 0 Å². The second-order valence-corrected chi connectivity index (χ2v) is 5.43. The third kappa shape index (κ3) is 5.96. The number of hydroxylamine groups is 1. The molecule has 2 atom stereocenters. The fraction of sp³-hybridized carbons (Fsp3) is 0.263. The first-order valence-corrected chi connectivity index (χ1v) is 7.99. The van der Waals surface area contributed by atoms with Crippen molar-refractivity contribution in [2.45, 2.75) is 25.4 Å². The normalized spacial score (nSPS) is 12.8. The average molecular weight is 359 g/mol. The van der Waals surface area contributed by atoms with Crippen LogP contribution in [0.3, 0.4) is 0 Å². The lowest BCUT2D eigenvalue weighted by Gasteiger charge is -2.21. The van der Waals surface area contributed by atoms with E-state index < -0.39 is 24.1 Å². The van der Waals surface area contributed by atoms with Crippen molar-refractivity contribution in [2.24, 2.45) is 0 Å². The first-order chi connectivity index (χ1) is 12.6. The zero-order valence-corrected chi connectivity index (χ0v) is 14.3. The number of rotatable bonds is 9. The van der Waals surface area contributed by atoms with E-state index in [1.54, 1.807) is 12.1 Å². The third-order valence-electron chi connectivity index (χ3n) is 3.51. The van der Waals surface area contributed by atoms with Gasteiger partial charge in [-0.05, 0) is 11.1 Å². The van der Waals surface area contributed by atoms with Gasteiger partial charge in [-0.1, -0.05) is 60.7 Å². The SMILES string of the molecule is COC(=O)[C@H](O)[C@@H](OCc1ccccc1)C(=O)NOCc1ccccc1. The van der Waals surface area contributed by atoms with E-state index in [2.05, 4.69) is 10.2 Å². The van der Waals surface area contributed by atoms with Gasteiger partial charge < -0.3 is 14.6 Å². The van der Waals surface area contributed by atoms with Crippen LogP contribution in [0.25, 0.3) is 0 Å². The monoisotopic (exact) mass is 359 g/mol. The maximum atomic E-state index is 12.3. The van der Waals surface area contributed by atoms with Crippen molar-refractivity contribution >= 4 is 11.9 Å². The number of benzene rings is 2. The number of hydrogen-bond acceptors (Lipinski definition) is 6. The Hall–Kier alpha value is -2.74. The predicted octanol–water partition coefficient (Wildman–Crippen LogP) is 1.35. The second kappa shape index (κ2) is 10.3. The first-order valence-electron chi connectivity index (χ1n) is 7.99. The minimum atomic E-state index is -1.77. The summed E-state index contributed by atoms with van der Waals surface area (Å²) in [6, 6.07) is 18.3. The van der Waals surface area contributed by atoms with Crippen LogP contribution in [0.2, 0.25) is 0 Å². The van der Waals surface area contributed by atoms with Crippen LogP contribution in [0.1, 0.15) is 11.1 Å². The smallest absolute Gasteiger partial charge is 0.338 e. The molecule has 0 aliphatic heterocycles. The largest absolute Gasteiger partial charge is 0.467 e. The van der Waals surface area contributed by atoms with Crippen LogP contribution in [0, 0.1) is 0 Å². The molecule has 2 aromatic rings. The molecule has 0 unspecified atom stereocenters. The van der Waals surface area contributed by atoms with Crippen LogP contribution < -0.4 is 5.48 Å². The minimum Gasteiger partial charge on any atom is -0.467 e. The van der Waals surface area contributed by atoms with Crippen molar-refractivity contribution in [1.82, 2.24) is 5.48 Å². The lowest BCUT2D eigenvalue weighted by Crippen LogP contribution is -2.47. The summed E-state index contributed by atoms with van der Waals surface area (Å²) < 4.78 is 9.91. The molecule has 7 heteroatoms. The van der Waals surface area contributed by atoms with Crippen LogP contribution in [-0.4, -0.2) is 36.3 Å². The maximum Gasteiger partial charge on any atom is 0.338 e. The molecule has 0 radical (unpaired) electrons. The molecule has 0 bridgehead atoms. The van der Waals surface area contributed by atoms with Gasteiger partial charge in [-0.15, -0.1) is 0 Å². The summed E-state index contributed by atoms with van der Waals surface area (Å²) in [6.45, 7) is 0.165. The van der Waals surface area contributed by atoms with Gasteiger partial charge in [0.25, 0.3) is 5.91 Å². The van der Waals surface area contributed by atoms with Crippen LogP contribution in [0.4, 0.5) is 0 Å². The molecule has 0 spiro atoms. The standard InChI is InChI=1S/C19H21NO6/c1-24-19(23)16(21)17(25-12-14-8-4-2-5-9-14)18(22)20-26-13-15-10-6-3-7-11-15/h2-11,16-17,21H,12-13H2,1H3,(H,20,22)/t16-,17-/m1/s1. The van der Waals surface area contributed by atoms with Crippen LogP contribution in [0.15, 0.2) is 60.7 Å². The van der Waals surface area contributed by atoms with Gasteiger partial charge in [0.1, 0.15) is 0 Å². The summed E-state index contributed by atoms with van der Waals surface area (Å²) in [5.41, 5.74) is 3.83. The number of aliphatic hydroxyl groups excluding tert-OH is 1. The van der Waals surface area contributed by atoms with Crippen molar-refractivity contribution < 1.29 is 29.0 Å². The third-order valence-corrected chi connectivity index (χ3v) is 3.51. The van der Waals surface area contributed by atoms with Crippen molar-refractivity contribution in [3.05, 3.63) is 71.8 Å². The first kappa shape index (κ1) is 19.6. The second-order valence-electron chi connectivity index (χ2n) is 5.43. The van der Waals surface area contributed by atoms with Gasteiger partial charge in [0.2, 0.25) is 0 Å². The summed E-state index contributed by atoms with van der Waals surface area (Å²) in [6.07, 6.45) is -3.25. The summed E-state index contributed by atoms with van der Waals surface area (Å²) in [7, 11) is 1.11. The quantitative estimate of drug-likeness (QED) is 0.519. The van der Waals surface area contributed by atoms with Crippen LogP contribution in [0.5, 0.6) is 0 Å². The van der Waals surface area contributed by atoms with Crippen LogP contribution >= 0.6 is 0 Å². The summed E-state index contributed by atoms with van der Waals surface area (Å²) in [5, 5.41) is 10.0. The summed E-state index contributed by atoms with van der Waals surface area (Å²) in [5.74, 6) is -1.75. The van der Waals surface area contributed by atoms with E-state index in [1.807, 2.05) is 48.5 Å². The molecule has 0 aromatic heterocycles. The zero-order chi connectivity index (χ0) is 18.8. The molecule has 1 amide bonds. The van der Waals surface area contributed by atoms with Crippen molar-refractivity contribution in [2.75, 3.05) is 7.11 Å². The molecule has 0 heterocycles. The molecular weight excluding hydrogens is 338 g/mol. The lowest BCUT2D eigenvalue weighted by atomic mass is 10.2. The topological polar surface area (TPSA) is 94.1 Å². The highest BCUT2D eigenvalue weighted by Gasteiger charge is 2.34. The predicted molar refractivity (Wildman–Crippen MR) is 92.4 cm³/mol. The van der Waals surface area contributed by atoms with Gasteiger partial charge in [-0.2, -0.15) is 0 Å². The molecular formula is C19H21NO6. The number of aliphatic hydroxyl groups is 1. The van der Waals surface area contributed by atoms with E-state index in [0.717, 1.165) is 18.2 Å². The van der Waals surface area contributed by atoms with Gasteiger partial charge in [0.05, 0.1) is 20.3 Å². The number of ether oxygens (including phenoxy) is 2. The highest BCUT2D eigenvalue weighted by molar-refractivity contribution is 5.88. The molecule has 7 nitrogen and oxygen atoms in total. The number of hydrogen-bond donors (Lipinski definition) is 2. The number of esters is 1. The van der Waals surface area contributed by atoms with Crippen LogP contribution in [-0.2, 0) is 37.1 Å². The van der Waals surface area contributed by atoms with Crippen molar-refractivity contribution in [3.8, 4) is 0 Å². The Balaban J connectivity index is 1.94. The molecule has 0 fully saturated rings. The Bertz CT molecular complexity index is 692. The lowest BCUT2D eigenvalue weighted by molar-refractivity contribution is -0.171. The molecule has 0 saturated heterocycles. The fourth-order valence-electron chi connectivity index (χ4n) is 2.14. The Morgan fingerprint density at radius 3 is 2.04 bits per heavy atom. The van der Waals surface area contributed by atoms with E-state index >= 15 is 0 Å². The number of amides is 1. The van der Waals surface area contributed by atoms with E-state index in [4.69, 9.17) is 9.57 Å². The minimum absolute atomic E-state index is 0.0334. The molecule has 0 aliphatic carbocycles. The van der Waals surface area contributed by atoms with E-state index in [9.17, 15) is 14.7 Å². The molecule has 2 aromatic carbocycles. The highest BCUT2D eigenvalue weighted by Crippen LogP contribution is 2.09. The summed E-state index contributed by atoms with van der Waals surface area (Å²) >= 11 is 0. The maximum absolute atomic E-state index is 12.3. The molecule has 2 N–H and O–H groups in total. The van der Waals surface area contributed by atoms with Crippen molar-refractivity contribution in [1.29, 1.82) is 0 Å². The van der Waals surface area contributed by atoms with E-state index in [0.29, 0.717) is 0 Å². The van der Waals surface area contributed by atoms with Gasteiger partial charge in [-0.3, -0.25) is 9.63 Å². The number of carbonyl (C=O) groups excluding carboxylic acids is 2. The van der Waals surface area contributed by atoms with E-state index in [-0.39, 0.29) is 13.2 Å². The highest BCUT2D eigenvalue weighted by atomic mass is 16.7. The molecule has 138 valence electrons. The Morgan fingerprint density at radius 1 is 0.962 bits per heavy atom. The Kier molecular flexibility index (Phi) is 7.75. The Labute approximate surface area is 151 Å². The number of nitrogens with one attached hydrogen (secondary N) is 1. The van der Waals surface area contributed by atoms with Gasteiger partial charge in [0, 0.05) is 0 Å².